The fraction of sp³-hybridized carbons (Fsp3) is 0.462. The van der Waals surface area contributed by atoms with Gasteiger partial charge >= 0.3 is 0 Å². The number of hydrogen-bond acceptors (Lipinski definition) is 1. The molecule has 0 saturated heterocycles. The fourth-order valence-electron chi connectivity index (χ4n) is 2.28. The zero-order valence-corrected chi connectivity index (χ0v) is 8.96. The molecule has 1 aromatic carbocycles. The number of benzene rings is 1. The van der Waals surface area contributed by atoms with Gasteiger partial charge in [0.1, 0.15) is 0 Å². The number of aryl methyl sites for hydroxylation is 2. The summed E-state index contributed by atoms with van der Waals surface area (Å²) in [6.07, 6.45) is 1.02. The zero-order chi connectivity index (χ0) is 10.3. The standard InChI is InChI=1S/C13H15N/c1-9-4-10(2)6-12(5-9)13(8-14)7-11(13)3/h4-6,11H,7H2,1-3H3. The Morgan fingerprint density at radius 3 is 2.14 bits per heavy atom. The van der Waals surface area contributed by atoms with Gasteiger partial charge in [0.25, 0.3) is 0 Å². The number of nitrogens with zero attached hydrogens (tertiary/aromatic N) is 1. The summed E-state index contributed by atoms with van der Waals surface area (Å²) in [6.45, 7) is 6.34. The van der Waals surface area contributed by atoms with E-state index < -0.39 is 0 Å². The molecule has 0 aliphatic heterocycles. The van der Waals surface area contributed by atoms with Gasteiger partial charge in [0.2, 0.25) is 0 Å². The van der Waals surface area contributed by atoms with Crippen LogP contribution in [0.2, 0.25) is 0 Å². The van der Waals surface area contributed by atoms with Crippen molar-refractivity contribution < 1.29 is 0 Å². The van der Waals surface area contributed by atoms with Gasteiger partial charge in [-0.1, -0.05) is 36.2 Å². The third kappa shape index (κ3) is 1.23. The molecular weight excluding hydrogens is 170 g/mol. The number of nitriles is 1. The van der Waals surface area contributed by atoms with Crippen molar-refractivity contribution in [2.24, 2.45) is 5.92 Å². The van der Waals surface area contributed by atoms with Gasteiger partial charge in [-0.05, 0) is 31.7 Å². The van der Waals surface area contributed by atoms with E-state index in [-0.39, 0.29) is 5.41 Å². The molecule has 1 nitrogen and oxygen atoms in total. The first kappa shape index (κ1) is 9.27. The molecule has 72 valence electrons. The Morgan fingerprint density at radius 2 is 1.79 bits per heavy atom. The predicted octanol–water partition coefficient (Wildman–Crippen LogP) is 3.10. The molecule has 1 heteroatoms. The molecule has 1 aliphatic carbocycles. The Morgan fingerprint density at radius 1 is 1.29 bits per heavy atom. The number of hydrogen-bond donors (Lipinski definition) is 0. The molecule has 0 bridgehead atoms. The van der Waals surface area contributed by atoms with E-state index in [4.69, 9.17) is 0 Å². The maximum Gasteiger partial charge on any atom is 0.0851 e. The van der Waals surface area contributed by atoms with Crippen molar-refractivity contribution >= 4 is 0 Å². The molecule has 2 atom stereocenters. The molecule has 0 amide bonds. The molecule has 1 saturated carbocycles. The second-order valence-electron chi connectivity index (χ2n) is 4.56. The average molecular weight is 185 g/mol. The first-order valence-corrected chi connectivity index (χ1v) is 5.08. The number of rotatable bonds is 1. The highest BCUT2D eigenvalue weighted by molar-refractivity contribution is 5.44. The van der Waals surface area contributed by atoms with Crippen LogP contribution in [0.25, 0.3) is 0 Å². The van der Waals surface area contributed by atoms with Crippen LogP contribution in [0.3, 0.4) is 0 Å². The van der Waals surface area contributed by atoms with Crippen LogP contribution in [-0.4, -0.2) is 0 Å². The van der Waals surface area contributed by atoms with Gasteiger partial charge in [0.05, 0.1) is 11.5 Å². The smallest absolute Gasteiger partial charge is 0.0851 e. The van der Waals surface area contributed by atoms with Gasteiger partial charge < -0.3 is 0 Å². The van der Waals surface area contributed by atoms with Crippen molar-refractivity contribution in [3.05, 3.63) is 34.9 Å². The maximum atomic E-state index is 9.21. The van der Waals surface area contributed by atoms with Crippen molar-refractivity contribution in [2.75, 3.05) is 0 Å². The highest BCUT2D eigenvalue weighted by atomic mass is 14.6. The first-order valence-electron chi connectivity index (χ1n) is 5.08. The van der Waals surface area contributed by atoms with Crippen LogP contribution in [0.1, 0.15) is 30.0 Å². The van der Waals surface area contributed by atoms with E-state index in [1.165, 1.54) is 16.7 Å². The molecule has 0 aromatic heterocycles. The van der Waals surface area contributed by atoms with Crippen LogP contribution < -0.4 is 0 Å². The van der Waals surface area contributed by atoms with Gasteiger partial charge in [0.15, 0.2) is 0 Å². The fourth-order valence-corrected chi connectivity index (χ4v) is 2.28. The molecule has 0 radical (unpaired) electrons. The van der Waals surface area contributed by atoms with Crippen LogP contribution in [0.5, 0.6) is 0 Å². The van der Waals surface area contributed by atoms with E-state index in [9.17, 15) is 5.26 Å². The van der Waals surface area contributed by atoms with Crippen LogP contribution in [-0.2, 0) is 5.41 Å². The Kier molecular flexibility index (Phi) is 1.89. The second-order valence-corrected chi connectivity index (χ2v) is 4.56. The Balaban J connectivity index is 2.48. The minimum Gasteiger partial charge on any atom is -0.197 e. The molecule has 0 N–H and O–H groups in total. The molecule has 14 heavy (non-hydrogen) atoms. The molecule has 1 fully saturated rings. The van der Waals surface area contributed by atoms with Gasteiger partial charge in [-0.15, -0.1) is 0 Å². The molecule has 1 aliphatic rings. The van der Waals surface area contributed by atoms with Crippen LogP contribution in [0.15, 0.2) is 18.2 Å². The van der Waals surface area contributed by atoms with Gasteiger partial charge in [-0.25, -0.2) is 0 Å². The van der Waals surface area contributed by atoms with Gasteiger partial charge in [-0.3, -0.25) is 0 Å². The minimum absolute atomic E-state index is 0.170. The molecule has 0 heterocycles. The van der Waals surface area contributed by atoms with Crippen molar-refractivity contribution in [3.63, 3.8) is 0 Å². The van der Waals surface area contributed by atoms with Gasteiger partial charge in [-0.2, -0.15) is 5.26 Å². The third-order valence-electron chi connectivity index (χ3n) is 3.25. The van der Waals surface area contributed by atoms with Crippen LogP contribution >= 0.6 is 0 Å². The summed E-state index contributed by atoms with van der Waals surface area (Å²) >= 11 is 0. The first-order chi connectivity index (χ1) is 6.58. The maximum absolute atomic E-state index is 9.21. The van der Waals surface area contributed by atoms with Crippen molar-refractivity contribution in [1.82, 2.24) is 0 Å². The Bertz CT molecular complexity index is 393. The lowest BCUT2D eigenvalue weighted by molar-refractivity contribution is 0.789. The molecule has 2 rings (SSSR count). The summed E-state index contributed by atoms with van der Waals surface area (Å²) in [4.78, 5) is 0. The third-order valence-corrected chi connectivity index (χ3v) is 3.25. The topological polar surface area (TPSA) is 23.8 Å². The highest BCUT2D eigenvalue weighted by Gasteiger charge is 2.53. The van der Waals surface area contributed by atoms with E-state index in [0.29, 0.717) is 5.92 Å². The van der Waals surface area contributed by atoms with Crippen molar-refractivity contribution in [2.45, 2.75) is 32.6 Å². The van der Waals surface area contributed by atoms with Gasteiger partial charge in [0, 0.05) is 0 Å². The summed E-state index contributed by atoms with van der Waals surface area (Å²) in [6, 6.07) is 8.93. The summed E-state index contributed by atoms with van der Waals surface area (Å²) in [5.41, 5.74) is 3.56. The SMILES string of the molecule is Cc1cc(C)cc(C2(C#N)CC2C)c1. The van der Waals surface area contributed by atoms with E-state index >= 15 is 0 Å². The Labute approximate surface area is 85.4 Å². The predicted molar refractivity (Wildman–Crippen MR) is 57.0 cm³/mol. The van der Waals surface area contributed by atoms with E-state index in [0.717, 1.165) is 6.42 Å². The van der Waals surface area contributed by atoms with E-state index in [2.05, 4.69) is 45.0 Å². The minimum atomic E-state index is -0.170. The lowest BCUT2D eigenvalue weighted by Crippen LogP contribution is -2.06. The summed E-state index contributed by atoms with van der Waals surface area (Å²) in [5, 5.41) is 9.21. The van der Waals surface area contributed by atoms with Crippen LogP contribution in [0.4, 0.5) is 0 Å². The zero-order valence-electron chi connectivity index (χ0n) is 8.96. The lowest BCUT2D eigenvalue weighted by atomic mass is 9.92. The quantitative estimate of drug-likeness (QED) is 0.659. The van der Waals surface area contributed by atoms with Crippen molar-refractivity contribution in [3.8, 4) is 6.07 Å². The average Bonchev–Trinajstić information content (AvgIpc) is 2.76. The molecular formula is C13H15N. The normalized spacial score (nSPS) is 29.7. The monoisotopic (exact) mass is 185 g/mol. The van der Waals surface area contributed by atoms with E-state index in [1.54, 1.807) is 0 Å². The molecule has 2 unspecified atom stereocenters. The molecule has 0 spiro atoms. The summed E-state index contributed by atoms with van der Waals surface area (Å²) in [5.74, 6) is 0.522. The summed E-state index contributed by atoms with van der Waals surface area (Å²) in [7, 11) is 0. The largest absolute Gasteiger partial charge is 0.197 e. The molecule has 1 aromatic rings. The second kappa shape index (κ2) is 2.85. The highest BCUT2D eigenvalue weighted by Crippen LogP contribution is 2.53. The Hall–Kier alpha value is -1.29. The summed E-state index contributed by atoms with van der Waals surface area (Å²) < 4.78 is 0. The van der Waals surface area contributed by atoms with E-state index in [1.807, 2.05) is 0 Å². The van der Waals surface area contributed by atoms with Crippen molar-refractivity contribution in [1.29, 1.82) is 5.26 Å². The van der Waals surface area contributed by atoms with Crippen LogP contribution in [0, 0.1) is 31.1 Å². The lowest BCUT2D eigenvalue weighted by Gasteiger charge is -2.09.